The molecule has 11 heteroatoms. The number of aromatic nitrogens is 2. The second-order valence-corrected chi connectivity index (χ2v) is 7.68. The van der Waals surface area contributed by atoms with Gasteiger partial charge in [0.15, 0.2) is 12.0 Å². The van der Waals surface area contributed by atoms with Crippen molar-refractivity contribution in [2.75, 3.05) is 26.0 Å². The quantitative estimate of drug-likeness (QED) is 0.741. The van der Waals surface area contributed by atoms with Crippen LogP contribution in [-0.4, -0.2) is 57.9 Å². The van der Waals surface area contributed by atoms with Gasteiger partial charge < -0.3 is 25.0 Å². The predicted octanol–water partition coefficient (Wildman–Crippen LogP) is 2.19. The maximum atomic E-state index is 13.2. The molecular formula is C21H22F3N5O3. The standard InChI is InChI=1S/C21H22F3N5O3/c1-27-11-9-15-16(12-27)18(25-17-4-3-10-28(2)20(17)31)26-29(19(15)30)13-5-7-14(8-6-13)32-21(22,23)24/h3-8,10,20,31H,9,11-12H2,1-2H3,(H,25,26). The minimum Gasteiger partial charge on any atom is -0.406 e. The molecule has 2 aliphatic heterocycles. The number of alkyl halides is 3. The lowest BCUT2D eigenvalue weighted by Gasteiger charge is -2.30. The summed E-state index contributed by atoms with van der Waals surface area (Å²) < 4.78 is 42.4. The molecule has 0 saturated heterocycles. The van der Waals surface area contributed by atoms with Gasteiger partial charge in [0, 0.05) is 37.5 Å². The lowest BCUT2D eigenvalue weighted by atomic mass is 10.0. The van der Waals surface area contributed by atoms with Crippen LogP contribution in [0.3, 0.4) is 0 Å². The normalized spacial score (nSPS) is 18.9. The smallest absolute Gasteiger partial charge is 0.406 e. The highest BCUT2D eigenvalue weighted by Gasteiger charge is 2.31. The van der Waals surface area contributed by atoms with E-state index in [1.807, 2.05) is 7.05 Å². The second-order valence-electron chi connectivity index (χ2n) is 7.68. The largest absolute Gasteiger partial charge is 0.573 e. The van der Waals surface area contributed by atoms with Crippen molar-refractivity contribution >= 4 is 5.82 Å². The average Bonchev–Trinajstić information content (AvgIpc) is 2.73. The van der Waals surface area contributed by atoms with Crippen LogP contribution >= 0.6 is 0 Å². The molecule has 0 bridgehead atoms. The summed E-state index contributed by atoms with van der Waals surface area (Å²) in [6.45, 7) is 1.18. The molecule has 2 aromatic rings. The van der Waals surface area contributed by atoms with E-state index >= 15 is 0 Å². The Morgan fingerprint density at radius 3 is 2.59 bits per heavy atom. The van der Waals surface area contributed by atoms with Crippen LogP contribution in [0.4, 0.5) is 19.0 Å². The van der Waals surface area contributed by atoms with Gasteiger partial charge in [0.2, 0.25) is 0 Å². The van der Waals surface area contributed by atoms with Crippen molar-refractivity contribution in [3.63, 3.8) is 0 Å². The van der Waals surface area contributed by atoms with Gasteiger partial charge in [-0.3, -0.25) is 4.79 Å². The van der Waals surface area contributed by atoms with Gasteiger partial charge in [-0.2, -0.15) is 4.68 Å². The fraction of sp³-hybridized carbons (Fsp3) is 0.333. The van der Waals surface area contributed by atoms with Crippen LogP contribution in [0.5, 0.6) is 5.75 Å². The SMILES string of the molecule is CN1CCc2c(c(NC3=CC=CN(C)C3O)nn(-c3ccc(OC(F)(F)F)cc3)c2=O)C1. The fourth-order valence-corrected chi connectivity index (χ4v) is 3.66. The molecule has 3 heterocycles. The van der Waals surface area contributed by atoms with Crippen LogP contribution < -0.4 is 15.6 Å². The molecule has 0 amide bonds. The van der Waals surface area contributed by atoms with Crippen molar-refractivity contribution in [2.24, 2.45) is 0 Å². The Labute approximate surface area is 181 Å². The first-order valence-corrected chi connectivity index (χ1v) is 9.87. The molecule has 0 spiro atoms. The van der Waals surface area contributed by atoms with E-state index in [0.29, 0.717) is 42.3 Å². The van der Waals surface area contributed by atoms with E-state index in [1.54, 1.807) is 30.3 Å². The highest BCUT2D eigenvalue weighted by Crippen LogP contribution is 2.27. The van der Waals surface area contributed by atoms with Crippen LogP contribution in [0.25, 0.3) is 5.69 Å². The van der Waals surface area contributed by atoms with Crippen molar-refractivity contribution in [3.8, 4) is 11.4 Å². The van der Waals surface area contributed by atoms with Gasteiger partial charge in [0.1, 0.15) is 5.75 Å². The molecule has 4 rings (SSSR count). The number of aliphatic hydroxyl groups excluding tert-OH is 1. The third kappa shape index (κ3) is 4.48. The minimum absolute atomic E-state index is 0.296. The summed E-state index contributed by atoms with van der Waals surface area (Å²) in [7, 11) is 3.65. The molecule has 2 aliphatic rings. The summed E-state index contributed by atoms with van der Waals surface area (Å²) in [6, 6.07) is 4.94. The molecule has 0 radical (unpaired) electrons. The number of nitrogens with one attached hydrogen (secondary N) is 1. The lowest BCUT2D eigenvalue weighted by molar-refractivity contribution is -0.274. The number of likely N-dealkylation sites (N-methyl/N-ethyl adjacent to an activating group) is 2. The van der Waals surface area contributed by atoms with Crippen molar-refractivity contribution in [2.45, 2.75) is 25.6 Å². The van der Waals surface area contributed by atoms with E-state index in [9.17, 15) is 23.1 Å². The van der Waals surface area contributed by atoms with E-state index in [4.69, 9.17) is 0 Å². The number of rotatable bonds is 4. The highest BCUT2D eigenvalue weighted by molar-refractivity contribution is 5.54. The maximum absolute atomic E-state index is 13.2. The van der Waals surface area contributed by atoms with Crippen LogP contribution in [0.15, 0.2) is 53.1 Å². The number of anilines is 1. The number of nitrogens with zero attached hydrogens (tertiary/aromatic N) is 4. The topological polar surface area (TPSA) is 82.9 Å². The first-order chi connectivity index (χ1) is 15.1. The minimum atomic E-state index is -4.80. The van der Waals surface area contributed by atoms with E-state index in [-0.39, 0.29) is 5.56 Å². The number of hydrogen-bond acceptors (Lipinski definition) is 7. The molecule has 2 N–H and O–H groups in total. The van der Waals surface area contributed by atoms with Crippen LogP contribution in [0, 0.1) is 0 Å². The molecule has 1 aromatic heterocycles. The zero-order valence-electron chi connectivity index (χ0n) is 17.4. The Balaban J connectivity index is 1.76. The average molecular weight is 449 g/mol. The van der Waals surface area contributed by atoms with Crippen LogP contribution in [-0.2, 0) is 13.0 Å². The molecule has 1 aromatic carbocycles. The van der Waals surface area contributed by atoms with Crippen molar-refractivity contribution in [1.82, 2.24) is 19.6 Å². The number of ether oxygens (including phenoxy) is 1. The van der Waals surface area contributed by atoms with Gasteiger partial charge in [0.25, 0.3) is 5.56 Å². The Bertz CT molecular complexity index is 1130. The Morgan fingerprint density at radius 2 is 1.91 bits per heavy atom. The lowest BCUT2D eigenvalue weighted by Crippen LogP contribution is -2.38. The number of hydrogen-bond donors (Lipinski definition) is 2. The summed E-state index contributed by atoms with van der Waals surface area (Å²) in [5.41, 5.74) is 1.74. The van der Waals surface area contributed by atoms with E-state index < -0.39 is 18.3 Å². The first-order valence-electron chi connectivity index (χ1n) is 9.87. The molecule has 32 heavy (non-hydrogen) atoms. The molecule has 170 valence electrons. The first kappa shape index (κ1) is 21.9. The van der Waals surface area contributed by atoms with Crippen molar-refractivity contribution in [1.29, 1.82) is 0 Å². The van der Waals surface area contributed by atoms with Gasteiger partial charge in [-0.05, 0) is 49.9 Å². The van der Waals surface area contributed by atoms with Gasteiger partial charge in [-0.25, -0.2) is 0 Å². The van der Waals surface area contributed by atoms with Crippen LogP contribution in [0.1, 0.15) is 11.1 Å². The molecule has 1 unspecified atom stereocenters. The van der Waals surface area contributed by atoms with E-state index in [2.05, 4.69) is 20.1 Å². The highest BCUT2D eigenvalue weighted by atomic mass is 19.4. The van der Waals surface area contributed by atoms with Crippen molar-refractivity contribution < 1.29 is 23.0 Å². The number of aliphatic hydroxyl groups is 1. The molecule has 8 nitrogen and oxygen atoms in total. The predicted molar refractivity (Wildman–Crippen MR) is 111 cm³/mol. The third-order valence-corrected chi connectivity index (χ3v) is 5.31. The molecule has 1 atom stereocenters. The number of halogens is 3. The maximum Gasteiger partial charge on any atom is 0.573 e. The summed E-state index contributed by atoms with van der Waals surface area (Å²) >= 11 is 0. The Hall–Kier alpha value is -3.31. The zero-order valence-corrected chi connectivity index (χ0v) is 17.4. The Morgan fingerprint density at radius 1 is 1.19 bits per heavy atom. The summed E-state index contributed by atoms with van der Waals surface area (Å²) in [5, 5.41) is 18.0. The monoisotopic (exact) mass is 449 g/mol. The molecule has 0 saturated carbocycles. The Kier molecular flexibility index (Phi) is 5.70. The van der Waals surface area contributed by atoms with Gasteiger partial charge >= 0.3 is 6.36 Å². The summed E-state index contributed by atoms with van der Waals surface area (Å²) in [4.78, 5) is 16.8. The van der Waals surface area contributed by atoms with Gasteiger partial charge in [-0.15, -0.1) is 18.3 Å². The third-order valence-electron chi connectivity index (χ3n) is 5.31. The molecular weight excluding hydrogens is 427 g/mol. The van der Waals surface area contributed by atoms with Crippen molar-refractivity contribution in [3.05, 3.63) is 69.8 Å². The zero-order chi connectivity index (χ0) is 23.0. The fourth-order valence-electron chi connectivity index (χ4n) is 3.66. The van der Waals surface area contributed by atoms with Gasteiger partial charge in [0.05, 0.1) is 11.4 Å². The number of benzene rings is 1. The summed E-state index contributed by atoms with van der Waals surface area (Å²) in [5.74, 6) is 0.00769. The number of fused-ring (bicyclic) bond motifs is 1. The molecule has 0 aliphatic carbocycles. The molecule has 0 fully saturated rings. The van der Waals surface area contributed by atoms with E-state index in [1.165, 1.54) is 12.1 Å². The van der Waals surface area contributed by atoms with E-state index in [0.717, 1.165) is 22.4 Å². The van der Waals surface area contributed by atoms with Gasteiger partial charge in [-0.1, -0.05) is 0 Å². The van der Waals surface area contributed by atoms with Crippen LogP contribution in [0.2, 0.25) is 0 Å². The second kappa shape index (κ2) is 8.32. The summed E-state index contributed by atoms with van der Waals surface area (Å²) in [6.07, 6.45) is -0.0244. The number of allylic oxidation sites excluding steroid dienone is 2.